The molecule has 2 fully saturated rings. The standard InChI is InChI=1S/C19H21F3N4O.ClH/c1-12-11-25(8-7-23-12)18(27)16-10-24-26(17(16)13-5-6-13)15-4-2-3-14(9-15)19(20,21)22;/h2-4,9-10,12-13,23H,5-8,11H2,1H3;1H. The van der Waals surface area contributed by atoms with Gasteiger partial charge in [0.25, 0.3) is 5.91 Å². The van der Waals surface area contributed by atoms with Crippen LogP contribution < -0.4 is 5.32 Å². The molecule has 1 atom stereocenters. The number of carbonyl (C=O) groups is 1. The van der Waals surface area contributed by atoms with Gasteiger partial charge in [-0.25, -0.2) is 4.68 Å². The van der Waals surface area contributed by atoms with E-state index in [2.05, 4.69) is 10.4 Å². The molecule has 0 radical (unpaired) electrons. The fraction of sp³-hybridized carbons (Fsp3) is 0.474. The lowest BCUT2D eigenvalue weighted by atomic mass is 10.1. The first-order chi connectivity index (χ1) is 12.8. The van der Waals surface area contributed by atoms with Crippen molar-refractivity contribution in [2.24, 2.45) is 0 Å². The van der Waals surface area contributed by atoms with Crippen LogP contribution in [-0.2, 0) is 6.18 Å². The van der Waals surface area contributed by atoms with Gasteiger partial charge in [0, 0.05) is 31.6 Å². The number of halogens is 4. The Balaban J connectivity index is 0.00000225. The Kier molecular flexibility index (Phi) is 5.72. The van der Waals surface area contributed by atoms with Crippen LogP contribution in [0.15, 0.2) is 30.5 Å². The van der Waals surface area contributed by atoms with Crippen LogP contribution in [0.4, 0.5) is 13.2 Å². The van der Waals surface area contributed by atoms with E-state index < -0.39 is 11.7 Å². The van der Waals surface area contributed by atoms with Crippen LogP contribution in [0.1, 0.15) is 47.3 Å². The average molecular weight is 415 g/mol. The first kappa shape index (κ1) is 20.7. The molecule has 1 aromatic carbocycles. The molecule has 1 saturated heterocycles. The molecular weight excluding hydrogens is 393 g/mol. The number of aromatic nitrogens is 2. The second-order valence-corrected chi connectivity index (χ2v) is 7.28. The summed E-state index contributed by atoms with van der Waals surface area (Å²) in [6.45, 7) is 3.97. The van der Waals surface area contributed by atoms with Crippen molar-refractivity contribution >= 4 is 18.3 Å². The van der Waals surface area contributed by atoms with Crippen molar-refractivity contribution in [3.63, 3.8) is 0 Å². The number of carbonyl (C=O) groups excluding carboxylic acids is 1. The molecule has 0 bridgehead atoms. The minimum Gasteiger partial charge on any atom is -0.336 e. The summed E-state index contributed by atoms with van der Waals surface area (Å²) in [5, 5.41) is 7.59. The van der Waals surface area contributed by atoms with E-state index in [4.69, 9.17) is 0 Å². The van der Waals surface area contributed by atoms with Crippen LogP contribution in [0.25, 0.3) is 5.69 Å². The summed E-state index contributed by atoms with van der Waals surface area (Å²) in [4.78, 5) is 14.8. The highest BCUT2D eigenvalue weighted by Crippen LogP contribution is 2.43. The Hall–Kier alpha value is -2.06. The lowest BCUT2D eigenvalue weighted by Crippen LogP contribution is -2.51. The van der Waals surface area contributed by atoms with Gasteiger partial charge < -0.3 is 10.2 Å². The molecule has 1 unspecified atom stereocenters. The summed E-state index contributed by atoms with van der Waals surface area (Å²) >= 11 is 0. The second-order valence-electron chi connectivity index (χ2n) is 7.28. The molecule has 2 aliphatic rings. The third-order valence-corrected chi connectivity index (χ3v) is 5.07. The fourth-order valence-electron chi connectivity index (χ4n) is 3.58. The first-order valence-electron chi connectivity index (χ1n) is 9.13. The number of amides is 1. The van der Waals surface area contributed by atoms with Crippen molar-refractivity contribution < 1.29 is 18.0 Å². The van der Waals surface area contributed by atoms with Crippen LogP contribution in [0.2, 0.25) is 0 Å². The molecule has 1 saturated carbocycles. The number of nitrogens with one attached hydrogen (secondary N) is 1. The lowest BCUT2D eigenvalue weighted by Gasteiger charge is -2.32. The van der Waals surface area contributed by atoms with Gasteiger partial charge in [-0.1, -0.05) is 6.07 Å². The quantitative estimate of drug-likeness (QED) is 0.834. The SMILES string of the molecule is CC1CN(C(=O)c2cnn(-c3cccc(C(F)(F)F)c3)c2C2CC2)CCN1.Cl. The maximum Gasteiger partial charge on any atom is 0.416 e. The van der Waals surface area contributed by atoms with Gasteiger partial charge in [-0.05, 0) is 38.0 Å². The molecule has 1 amide bonds. The molecule has 1 aromatic heterocycles. The molecule has 1 aliphatic heterocycles. The highest BCUT2D eigenvalue weighted by Gasteiger charge is 2.36. The first-order valence-corrected chi connectivity index (χ1v) is 9.13. The van der Waals surface area contributed by atoms with Crippen LogP contribution >= 0.6 is 12.4 Å². The average Bonchev–Trinajstić information content (AvgIpc) is 3.38. The van der Waals surface area contributed by atoms with Crippen LogP contribution in [0.3, 0.4) is 0 Å². The minimum absolute atomic E-state index is 0. The van der Waals surface area contributed by atoms with Gasteiger partial charge in [0.15, 0.2) is 0 Å². The van der Waals surface area contributed by atoms with Crippen molar-refractivity contribution in [2.45, 2.75) is 37.9 Å². The van der Waals surface area contributed by atoms with E-state index in [0.29, 0.717) is 24.3 Å². The van der Waals surface area contributed by atoms with Gasteiger partial charge >= 0.3 is 6.18 Å². The molecule has 0 spiro atoms. The van der Waals surface area contributed by atoms with Crippen molar-refractivity contribution in [1.29, 1.82) is 0 Å². The summed E-state index contributed by atoms with van der Waals surface area (Å²) in [6, 6.07) is 5.30. The maximum atomic E-state index is 13.1. The molecule has 4 rings (SSSR count). The van der Waals surface area contributed by atoms with E-state index >= 15 is 0 Å². The zero-order valence-electron chi connectivity index (χ0n) is 15.4. The molecule has 1 aliphatic carbocycles. The minimum atomic E-state index is -4.42. The zero-order chi connectivity index (χ0) is 19.2. The van der Waals surface area contributed by atoms with E-state index in [9.17, 15) is 18.0 Å². The molecule has 5 nitrogen and oxygen atoms in total. The lowest BCUT2D eigenvalue weighted by molar-refractivity contribution is -0.137. The maximum absolute atomic E-state index is 13.1. The van der Waals surface area contributed by atoms with E-state index in [-0.39, 0.29) is 30.3 Å². The summed E-state index contributed by atoms with van der Waals surface area (Å²) in [5.74, 6) is 0.0739. The Morgan fingerprint density at radius 3 is 2.68 bits per heavy atom. The molecule has 28 heavy (non-hydrogen) atoms. The Morgan fingerprint density at radius 2 is 2.04 bits per heavy atom. The zero-order valence-corrected chi connectivity index (χ0v) is 16.2. The molecular formula is C19H22ClF3N4O. The largest absolute Gasteiger partial charge is 0.416 e. The van der Waals surface area contributed by atoms with Gasteiger partial charge in [0.05, 0.1) is 28.7 Å². The molecule has 2 heterocycles. The van der Waals surface area contributed by atoms with E-state index in [1.807, 2.05) is 6.92 Å². The number of hydrogen-bond acceptors (Lipinski definition) is 3. The third kappa shape index (κ3) is 4.03. The Labute approximate surface area is 167 Å². The number of nitrogens with zero attached hydrogens (tertiary/aromatic N) is 3. The number of hydrogen-bond donors (Lipinski definition) is 1. The second kappa shape index (κ2) is 7.75. The highest BCUT2D eigenvalue weighted by molar-refractivity contribution is 5.95. The predicted octanol–water partition coefficient (Wildman–Crippen LogP) is 3.62. The fourth-order valence-corrected chi connectivity index (χ4v) is 3.58. The van der Waals surface area contributed by atoms with E-state index in [1.54, 1.807) is 11.0 Å². The van der Waals surface area contributed by atoms with Gasteiger partial charge in [-0.15, -0.1) is 12.4 Å². The number of alkyl halides is 3. The van der Waals surface area contributed by atoms with Crippen molar-refractivity contribution in [3.8, 4) is 5.69 Å². The predicted molar refractivity (Wildman–Crippen MR) is 101 cm³/mol. The van der Waals surface area contributed by atoms with Gasteiger partial charge in [0.1, 0.15) is 0 Å². The van der Waals surface area contributed by atoms with E-state index in [1.165, 1.54) is 16.9 Å². The summed E-state index contributed by atoms with van der Waals surface area (Å²) in [6.07, 6.45) is -1.08. The molecule has 152 valence electrons. The normalized spacial score (nSPS) is 20.0. The van der Waals surface area contributed by atoms with Gasteiger partial charge in [0.2, 0.25) is 0 Å². The highest BCUT2D eigenvalue weighted by atomic mass is 35.5. The van der Waals surface area contributed by atoms with Crippen molar-refractivity contribution in [2.75, 3.05) is 19.6 Å². The summed E-state index contributed by atoms with van der Waals surface area (Å²) in [7, 11) is 0. The smallest absolute Gasteiger partial charge is 0.336 e. The topological polar surface area (TPSA) is 50.2 Å². The summed E-state index contributed by atoms with van der Waals surface area (Å²) in [5.41, 5.74) is 0.843. The van der Waals surface area contributed by atoms with Gasteiger partial charge in [-0.3, -0.25) is 4.79 Å². The van der Waals surface area contributed by atoms with Crippen LogP contribution in [-0.4, -0.2) is 46.3 Å². The Bertz CT molecular complexity index is 863. The summed E-state index contributed by atoms with van der Waals surface area (Å²) < 4.78 is 40.7. The Morgan fingerprint density at radius 1 is 1.29 bits per heavy atom. The third-order valence-electron chi connectivity index (χ3n) is 5.07. The number of rotatable bonds is 3. The van der Waals surface area contributed by atoms with Crippen LogP contribution in [0, 0.1) is 0 Å². The van der Waals surface area contributed by atoms with Crippen molar-refractivity contribution in [3.05, 3.63) is 47.3 Å². The van der Waals surface area contributed by atoms with Gasteiger partial charge in [-0.2, -0.15) is 18.3 Å². The monoisotopic (exact) mass is 414 g/mol. The molecule has 9 heteroatoms. The number of piperazine rings is 1. The van der Waals surface area contributed by atoms with E-state index in [0.717, 1.165) is 37.2 Å². The molecule has 1 N–H and O–H groups in total. The number of benzene rings is 1. The van der Waals surface area contributed by atoms with Crippen LogP contribution in [0.5, 0.6) is 0 Å². The molecule has 2 aromatic rings. The van der Waals surface area contributed by atoms with Crippen molar-refractivity contribution in [1.82, 2.24) is 20.0 Å².